The first-order valence-electron chi connectivity index (χ1n) is 12.6. The van der Waals surface area contributed by atoms with Gasteiger partial charge in [-0.3, -0.25) is 10.4 Å². The van der Waals surface area contributed by atoms with E-state index in [4.69, 9.17) is 15.4 Å². The van der Waals surface area contributed by atoms with Crippen LogP contribution in [-0.4, -0.2) is 25.8 Å². The van der Waals surface area contributed by atoms with Crippen molar-refractivity contribution in [3.8, 4) is 45.0 Å². The lowest BCUT2D eigenvalue weighted by Gasteiger charge is -2.10. The van der Waals surface area contributed by atoms with Crippen molar-refractivity contribution >= 4 is 5.84 Å². The minimum Gasteiger partial charge on any atom is -0.347 e. The minimum atomic E-state index is 0.186. The third-order valence-corrected chi connectivity index (χ3v) is 6.31. The summed E-state index contributed by atoms with van der Waals surface area (Å²) in [6.07, 6.45) is 5.43. The Morgan fingerprint density at radius 1 is 0.615 bits per heavy atom. The second kappa shape index (κ2) is 10.9. The topological polar surface area (TPSA) is 90.7 Å². The molecule has 3 aromatic heterocycles. The Balaban J connectivity index is 1.37. The first-order valence-corrected chi connectivity index (χ1v) is 12.6. The average molecular weight is 505 g/mol. The lowest BCUT2D eigenvalue weighted by molar-refractivity contribution is 1.15. The highest BCUT2D eigenvalue weighted by Crippen LogP contribution is 2.29. The van der Waals surface area contributed by atoms with Crippen LogP contribution in [0, 0.1) is 5.41 Å². The SMILES string of the molecule is N=C(N=c1cccc[nH]1)c1ccc(-c2cc(-c3ccc(-c4cccnc4)cc3)nc(-c3ccccc3)n2)cc1. The molecule has 6 nitrogen and oxygen atoms in total. The summed E-state index contributed by atoms with van der Waals surface area (Å²) in [5.74, 6) is 0.844. The molecular formula is C33H24N6. The maximum absolute atomic E-state index is 8.40. The number of nitrogens with one attached hydrogen (secondary N) is 2. The molecule has 0 radical (unpaired) electrons. The molecule has 0 fully saturated rings. The molecule has 2 N–H and O–H groups in total. The lowest BCUT2D eigenvalue weighted by atomic mass is 10.0. The van der Waals surface area contributed by atoms with Crippen LogP contribution in [0.4, 0.5) is 0 Å². The first-order chi connectivity index (χ1) is 19.2. The molecule has 0 saturated heterocycles. The van der Waals surface area contributed by atoms with Gasteiger partial charge in [-0.25, -0.2) is 15.0 Å². The van der Waals surface area contributed by atoms with Crippen LogP contribution in [0.25, 0.3) is 45.0 Å². The number of rotatable bonds is 5. The number of pyridine rings is 2. The van der Waals surface area contributed by atoms with E-state index in [1.54, 1.807) is 12.4 Å². The highest BCUT2D eigenvalue weighted by atomic mass is 14.9. The van der Waals surface area contributed by atoms with E-state index in [1.165, 1.54) is 0 Å². The zero-order chi connectivity index (χ0) is 26.4. The molecule has 3 heterocycles. The van der Waals surface area contributed by atoms with E-state index in [-0.39, 0.29) is 5.84 Å². The third kappa shape index (κ3) is 5.45. The largest absolute Gasteiger partial charge is 0.347 e. The molecular weight excluding hydrogens is 480 g/mol. The van der Waals surface area contributed by atoms with Gasteiger partial charge >= 0.3 is 0 Å². The summed E-state index contributed by atoms with van der Waals surface area (Å²) in [6.45, 7) is 0. The Labute approximate surface area is 226 Å². The highest BCUT2D eigenvalue weighted by molar-refractivity contribution is 5.97. The van der Waals surface area contributed by atoms with Gasteiger partial charge in [-0.15, -0.1) is 0 Å². The van der Waals surface area contributed by atoms with E-state index in [1.807, 2.05) is 97.2 Å². The molecule has 6 rings (SSSR count). The van der Waals surface area contributed by atoms with Crippen LogP contribution in [-0.2, 0) is 0 Å². The van der Waals surface area contributed by atoms with Crippen molar-refractivity contribution in [2.24, 2.45) is 4.99 Å². The number of benzene rings is 3. The maximum Gasteiger partial charge on any atom is 0.160 e. The molecule has 0 aliphatic rings. The molecule has 39 heavy (non-hydrogen) atoms. The van der Waals surface area contributed by atoms with Crippen LogP contribution in [0.3, 0.4) is 0 Å². The minimum absolute atomic E-state index is 0.186. The molecule has 0 aliphatic heterocycles. The van der Waals surface area contributed by atoms with Crippen molar-refractivity contribution in [2.45, 2.75) is 0 Å². The Morgan fingerprint density at radius 3 is 1.90 bits per heavy atom. The molecule has 186 valence electrons. The van der Waals surface area contributed by atoms with Gasteiger partial charge in [-0.1, -0.05) is 91.0 Å². The molecule has 0 unspecified atom stereocenters. The van der Waals surface area contributed by atoms with Gasteiger partial charge in [0.1, 0.15) is 5.49 Å². The number of aromatic amines is 1. The molecule has 0 bridgehead atoms. The average Bonchev–Trinajstić information content (AvgIpc) is 3.02. The van der Waals surface area contributed by atoms with Crippen LogP contribution in [0.5, 0.6) is 0 Å². The van der Waals surface area contributed by atoms with E-state index >= 15 is 0 Å². The van der Waals surface area contributed by atoms with E-state index in [0.717, 1.165) is 44.8 Å². The molecule has 6 heteroatoms. The van der Waals surface area contributed by atoms with Gasteiger partial charge < -0.3 is 4.98 Å². The normalized spacial score (nSPS) is 11.3. The number of H-pyrrole nitrogens is 1. The van der Waals surface area contributed by atoms with Gasteiger partial charge in [0.05, 0.1) is 11.4 Å². The summed E-state index contributed by atoms with van der Waals surface area (Å²) < 4.78 is 0. The Bertz CT molecular complexity index is 1770. The second-order valence-corrected chi connectivity index (χ2v) is 8.93. The van der Waals surface area contributed by atoms with E-state index in [2.05, 4.69) is 39.2 Å². The van der Waals surface area contributed by atoms with Crippen molar-refractivity contribution in [3.05, 3.63) is 145 Å². The number of nitrogens with zero attached hydrogens (tertiary/aromatic N) is 4. The van der Waals surface area contributed by atoms with Gasteiger partial charge in [0, 0.05) is 40.8 Å². The second-order valence-electron chi connectivity index (χ2n) is 8.93. The van der Waals surface area contributed by atoms with E-state index in [0.29, 0.717) is 11.3 Å². The maximum atomic E-state index is 8.40. The van der Waals surface area contributed by atoms with Crippen molar-refractivity contribution in [3.63, 3.8) is 0 Å². The summed E-state index contributed by atoms with van der Waals surface area (Å²) >= 11 is 0. The van der Waals surface area contributed by atoms with Gasteiger partial charge in [0.25, 0.3) is 0 Å². The van der Waals surface area contributed by atoms with Gasteiger partial charge in [-0.2, -0.15) is 0 Å². The summed E-state index contributed by atoms with van der Waals surface area (Å²) in [7, 11) is 0. The zero-order valence-electron chi connectivity index (χ0n) is 21.0. The highest BCUT2D eigenvalue weighted by Gasteiger charge is 2.11. The lowest BCUT2D eigenvalue weighted by Crippen LogP contribution is -2.09. The Morgan fingerprint density at radius 2 is 1.26 bits per heavy atom. The van der Waals surface area contributed by atoms with Gasteiger partial charge in [0.2, 0.25) is 0 Å². The summed E-state index contributed by atoms with van der Waals surface area (Å²) in [5.41, 5.74) is 8.05. The fourth-order valence-corrected chi connectivity index (χ4v) is 4.26. The number of aromatic nitrogens is 4. The summed E-state index contributed by atoms with van der Waals surface area (Å²) in [6, 6.07) is 37.7. The van der Waals surface area contributed by atoms with Gasteiger partial charge in [-0.05, 0) is 35.4 Å². The molecule has 0 saturated carbocycles. The number of amidine groups is 1. The molecule has 6 aromatic rings. The monoisotopic (exact) mass is 504 g/mol. The van der Waals surface area contributed by atoms with Crippen molar-refractivity contribution in [1.29, 1.82) is 5.41 Å². The molecule has 0 spiro atoms. The Kier molecular flexibility index (Phi) is 6.65. The smallest absolute Gasteiger partial charge is 0.160 e. The summed E-state index contributed by atoms with van der Waals surface area (Å²) in [5, 5.41) is 8.40. The quantitative estimate of drug-likeness (QED) is 0.200. The standard InChI is InChI=1S/C33H24N6/c34-32(39-31-10-4-5-20-36-31)26-17-15-25(16-18-26)30-21-29(37-33(38-30)27-7-2-1-3-8-27)24-13-11-23(12-14-24)28-9-6-19-35-22-28/h1-22H,(H2,34,36,39). The summed E-state index contributed by atoms with van der Waals surface area (Å²) in [4.78, 5) is 21.5. The third-order valence-electron chi connectivity index (χ3n) is 6.31. The van der Waals surface area contributed by atoms with Crippen molar-refractivity contribution in [1.82, 2.24) is 19.9 Å². The van der Waals surface area contributed by atoms with Crippen molar-refractivity contribution < 1.29 is 0 Å². The fourth-order valence-electron chi connectivity index (χ4n) is 4.26. The van der Waals surface area contributed by atoms with Crippen LogP contribution in [0.1, 0.15) is 5.56 Å². The molecule has 0 amide bonds. The van der Waals surface area contributed by atoms with Crippen LogP contribution in [0.2, 0.25) is 0 Å². The van der Waals surface area contributed by atoms with Crippen LogP contribution >= 0.6 is 0 Å². The van der Waals surface area contributed by atoms with Crippen molar-refractivity contribution in [2.75, 3.05) is 0 Å². The van der Waals surface area contributed by atoms with Crippen LogP contribution < -0.4 is 5.49 Å². The number of hydrogen-bond donors (Lipinski definition) is 2. The first kappa shape index (κ1) is 23.9. The molecule has 3 aromatic carbocycles. The molecule has 0 atom stereocenters. The van der Waals surface area contributed by atoms with Gasteiger partial charge in [0.15, 0.2) is 11.7 Å². The molecule has 0 aliphatic carbocycles. The predicted octanol–water partition coefficient (Wildman–Crippen LogP) is 6.79. The fraction of sp³-hybridized carbons (Fsp3) is 0. The Hall–Kier alpha value is -5.49. The number of hydrogen-bond acceptors (Lipinski definition) is 4. The van der Waals surface area contributed by atoms with E-state index in [9.17, 15) is 0 Å². The van der Waals surface area contributed by atoms with E-state index < -0.39 is 0 Å². The zero-order valence-corrected chi connectivity index (χ0v) is 21.0. The van der Waals surface area contributed by atoms with Crippen LogP contribution in [0.15, 0.2) is 139 Å². The predicted molar refractivity (Wildman–Crippen MR) is 155 cm³/mol.